The second kappa shape index (κ2) is 5.19. The average molecular weight is 301 g/mol. The Morgan fingerprint density at radius 3 is 2.57 bits per heavy atom. The predicted octanol–water partition coefficient (Wildman–Crippen LogP) is 3.97. The number of para-hydroxylation sites is 1. The van der Waals surface area contributed by atoms with Crippen molar-refractivity contribution in [1.82, 2.24) is 0 Å². The fraction of sp³-hybridized carbons (Fsp3) is 0.294. The van der Waals surface area contributed by atoms with Gasteiger partial charge in [-0.25, -0.2) is 8.42 Å². The number of anilines is 1. The Labute approximate surface area is 126 Å². The monoisotopic (exact) mass is 301 g/mol. The minimum Gasteiger partial charge on any atom is -0.266 e. The van der Waals surface area contributed by atoms with Crippen molar-refractivity contribution in [3.05, 3.63) is 48.0 Å². The van der Waals surface area contributed by atoms with Crippen LogP contribution in [-0.4, -0.2) is 15.0 Å². The molecule has 0 radical (unpaired) electrons. The maximum absolute atomic E-state index is 12.9. The molecule has 0 fully saturated rings. The van der Waals surface area contributed by atoms with Gasteiger partial charge in [0.15, 0.2) is 0 Å². The Kier molecular flexibility index (Phi) is 3.49. The van der Waals surface area contributed by atoms with Crippen molar-refractivity contribution < 1.29 is 8.42 Å². The largest absolute Gasteiger partial charge is 0.266 e. The highest BCUT2D eigenvalue weighted by Crippen LogP contribution is 2.43. The summed E-state index contributed by atoms with van der Waals surface area (Å²) in [5.74, 6) is 0. The number of benzene rings is 2. The molecule has 110 valence electrons. The highest BCUT2D eigenvalue weighted by atomic mass is 32.2. The van der Waals surface area contributed by atoms with Crippen molar-refractivity contribution >= 4 is 15.7 Å². The van der Waals surface area contributed by atoms with Crippen molar-refractivity contribution in [1.29, 1.82) is 0 Å². The van der Waals surface area contributed by atoms with E-state index in [2.05, 4.69) is 6.92 Å². The second-order valence-corrected chi connectivity index (χ2v) is 7.28. The summed E-state index contributed by atoms with van der Waals surface area (Å²) in [6.07, 6.45) is 1.82. The van der Waals surface area contributed by atoms with Crippen molar-refractivity contribution in [2.24, 2.45) is 0 Å². The summed E-state index contributed by atoms with van der Waals surface area (Å²) in [5.41, 5.74) is 3.69. The van der Waals surface area contributed by atoms with E-state index in [4.69, 9.17) is 0 Å². The Morgan fingerprint density at radius 2 is 1.81 bits per heavy atom. The van der Waals surface area contributed by atoms with Gasteiger partial charge in [0.05, 0.1) is 10.6 Å². The number of fused-ring (bicyclic) bond motifs is 3. The fourth-order valence-corrected chi connectivity index (χ4v) is 4.50. The lowest BCUT2D eigenvalue weighted by molar-refractivity contribution is 0.588. The fourth-order valence-electron chi connectivity index (χ4n) is 2.79. The van der Waals surface area contributed by atoms with E-state index in [1.54, 1.807) is 10.4 Å². The second-order valence-electron chi connectivity index (χ2n) is 5.45. The van der Waals surface area contributed by atoms with E-state index in [1.807, 2.05) is 43.3 Å². The van der Waals surface area contributed by atoms with Crippen LogP contribution in [0.1, 0.15) is 25.3 Å². The summed E-state index contributed by atoms with van der Waals surface area (Å²) >= 11 is 0. The lowest BCUT2D eigenvalue weighted by atomic mass is 10.0. The summed E-state index contributed by atoms with van der Waals surface area (Å²) in [5, 5.41) is 0. The molecule has 0 aliphatic carbocycles. The van der Waals surface area contributed by atoms with Gasteiger partial charge in [-0.15, -0.1) is 0 Å². The third kappa shape index (κ3) is 2.23. The summed E-state index contributed by atoms with van der Waals surface area (Å²) in [6.45, 7) is 4.59. The summed E-state index contributed by atoms with van der Waals surface area (Å²) in [7, 11) is -3.45. The van der Waals surface area contributed by atoms with Gasteiger partial charge in [-0.2, -0.15) is 0 Å². The topological polar surface area (TPSA) is 37.4 Å². The maximum atomic E-state index is 12.9. The van der Waals surface area contributed by atoms with Crippen molar-refractivity contribution in [3.63, 3.8) is 0 Å². The zero-order valence-electron chi connectivity index (χ0n) is 12.3. The van der Waals surface area contributed by atoms with Crippen molar-refractivity contribution in [2.45, 2.75) is 31.6 Å². The van der Waals surface area contributed by atoms with Gasteiger partial charge in [0.1, 0.15) is 0 Å². The van der Waals surface area contributed by atoms with Crippen LogP contribution in [0, 0.1) is 6.92 Å². The lowest BCUT2D eigenvalue weighted by Crippen LogP contribution is -2.35. The van der Waals surface area contributed by atoms with Crippen LogP contribution in [0.2, 0.25) is 0 Å². The minimum absolute atomic E-state index is 0.419. The molecule has 2 aromatic rings. The van der Waals surface area contributed by atoms with Crippen molar-refractivity contribution in [3.8, 4) is 11.1 Å². The van der Waals surface area contributed by atoms with Crippen LogP contribution in [-0.2, 0) is 10.0 Å². The van der Waals surface area contributed by atoms with Gasteiger partial charge in [-0.1, -0.05) is 43.2 Å². The molecule has 21 heavy (non-hydrogen) atoms. The molecule has 3 rings (SSSR count). The lowest BCUT2D eigenvalue weighted by Gasteiger charge is -2.32. The SMILES string of the molecule is CCCCN1c2ccccc2-c2cc(C)ccc2S1(=O)=O. The normalized spacial score (nSPS) is 15.4. The number of rotatable bonds is 3. The van der Waals surface area contributed by atoms with Gasteiger partial charge in [-0.3, -0.25) is 4.31 Å². The third-order valence-corrected chi connectivity index (χ3v) is 5.75. The molecule has 0 bridgehead atoms. The zero-order valence-corrected chi connectivity index (χ0v) is 13.2. The first kappa shape index (κ1) is 14.1. The van der Waals surface area contributed by atoms with E-state index >= 15 is 0 Å². The third-order valence-electron chi connectivity index (χ3n) is 3.88. The molecule has 0 aromatic heterocycles. The van der Waals surface area contributed by atoms with Gasteiger partial charge in [-0.05, 0) is 31.5 Å². The molecule has 2 aromatic carbocycles. The number of hydrogen-bond donors (Lipinski definition) is 0. The highest BCUT2D eigenvalue weighted by Gasteiger charge is 2.34. The first-order chi connectivity index (χ1) is 10.1. The molecular formula is C17H19NO2S. The van der Waals surface area contributed by atoms with E-state index in [9.17, 15) is 8.42 Å². The van der Waals surface area contributed by atoms with Crippen LogP contribution in [0.5, 0.6) is 0 Å². The molecule has 1 aliphatic heterocycles. The molecule has 4 heteroatoms. The first-order valence-electron chi connectivity index (χ1n) is 7.28. The van der Waals surface area contributed by atoms with Gasteiger partial charge >= 0.3 is 0 Å². The number of aryl methyl sites for hydroxylation is 1. The number of unbranched alkanes of at least 4 members (excludes halogenated alkanes) is 1. The summed E-state index contributed by atoms with van der Waals surface area (Å²) in [4.78, 5) is 0.419. The Balaban J connectivity index is 2.27. The first-order valence-corrected chi connectivity index (χ1v) is 8.72. The van der Waals surface area contributed by atoms with Gasteiger partial charge in [0.2, 0.25) is 0 Å². The number of sulfonamides is 1. The molecule has 0 saturated heterocycles. The minimum atomic E-state index is -3.45. The molecule has 0 unspecified atom stereocenters. The van der Waals surface area contributed by atoms with E-state index < -0.39 is 10.0 Å². The smallest absolute Gasteiger partial charge is 0.264 e. The maximum Gasteiger partial charge on any atom is 0.264 e. The Bertz CT molecular complexity index is 781. The number of nitrogens with zero attached hydrogens (tertiary/aromatic N) is 1. The molecular weight excluding hydrogens is 282 g/mol. The van der Waals surface area contributed by atoms with E-state index in [1.165, 1.54) is 0 Å². The molecule has 0 saturated carbocycles. The predicted molar refractivity (Wildman–Crippen MR) is 86.1 cm³/mol. The summed E-state index contributed by atoms with van der Waals surface area (Å²) < 4.78 is 27.4. The van der Waals surface area contributed by atoms with Gasteiger partial charge in [0, 0.05) is 17.7 Å². The van der Waals surface area contributed by atoms with E-state index in [0.717, 1.165) is 35.2 Å². The molecule has 3 nitrogen and oxygen atoms in total. The van der Waals surface area contributed by atoms with E-state index in [-0.39, 0.29) is 0 Å². The standard InChI is InChI=1S/C17H19NO2S/c1-3-4-11-18-16-8-6-5-7-14(16)15-12-13(2)9-10-17(15)21(18,19)20/h5-10,12H,3-4,11H2,1-2H3. The molecule has 0 N–H and O–H groups in total. The van der Waals surface area contributed by atoms with Gasteiger partial charge < -0.3 is 0 Å². The highest BCUT2D eigenvalue weighted by molar-refractivity contribution is 7.93. The Hall–Kier alpha value is -1.81. The summed E-state index contributed by atoms with van der Waals surface area (Å²) in [6, 6.07) is 13.3. The van der Waals surface area contributed by atoms with E-state index in [0.29, 0.717) is 11.4 Å². The van der Waals surface area contributed by atoms with Crippen LogP contribution in [0.4, 0.5) is 5.69 Å². The zero-order chi connectivity index (χ0) is 15.0. The van der Waals surface area contributed by atoms with Crippen LogP contribution in [0.25, 0.3) is 11.1 Å². The quantitative estimate of drug-likeness (QED) is 0.860. The van der Waals surface area contributed by atoms with Crippen molar-refractivity contribution in [2.75, 3.05) is 10.8 Å². The molecule has 0 atom stereocenters. The van der Waals surface area contributed by atoms with Crippen LogP contribution >= 0.6 is 0 Å². The molecule has 0 spiro atoms. The van der Waals surface area contributed by atoms with Crippen LogP contribution in [0.15, 0.2) is 47.4 Å². The number of hydrogen-bond acceptors (Lipinski definition) is 2. The average Bonchev–Trinajstić information content (AvgIpc) is 2.47. The molecule has 1 aliphatic rings. The Morgan fingerprint density at radius 1 is 1.05 bits per heavy atom. The van der Waals surface area contributed by atoms with Crippen LogP contribution < -0.4 is 4.31 Å². The molecule has 1 heterocycles. The van der Waals surface area contributed by atoms with Crippen LogP contribution in [0.3, 0.4) is 0 Å². The molecule has 0 amide bonds. The van der Waals surface area contributed by atoms with Gasteiger partial charge in [0.25, 0.3) is 10.0 Å².